The predicted octanol–water partition coefficient (Wildman–Crippen LogP) is 2.71. The van der Waals surface area contributed by atoms with Gasteiger partial charge in [0.05, 0.1) is 12.7 Å². The first-order valence-corrected chi connectivity index (χ1v) is 6.12. The van der Waals surface area contributed by atoms with Crippen molar-refractivity contribution in [3.63, 3.8) is 0 Å². The number of rotatable bonds is 4. The van der Waals surface area contributed by atoms with Crippen molar-refractivity contribution in [1.29, 1.82) is 0 Å². The molecule has 21 heavy (non-hydrogen) atoms. The van der Waals surface area contributed by atoms with Crippen LogP contribution in [0.3, 0.4) is 0 Å². The van der Waals surface area contributed by atoms with Gasteiger partial charge in [0.1, 0.15) is 23.0 Å². The summed E-state index contributed by atoms with van der Waals surface area (Å²) in [7, 11) is 1.46. The third-order valence-electron chi connectivity index (χ3n) is 2.82. The average Bonchev–Trinajstić information content (AvgIpc) is 2.43. The molecule has 0 fully saturated rings. The molecule has 0 aromatic heterocycles. The number of carbonyl (C=O) groups is 1. The molecule has 0 heterocycles. The van der Waals surface area contributed by atoms with Crippen molar-refractivity contribution < 1.29 is 24.9 Å². The smallest absolute Gasteiger partial charge is 0.189 e. The Hall–Kier alpha value is -2.95. The highest BCUT2D eigenvalue weighted by Gasteiger charge is 2.09. The highest BCUT2D eigenvalue weighted by atomic mass is 16.5. The van der Waals surface area contributed by atoms with E-state index in [1.807, 2.05) is 0 Å². The van der Waals surface area contributed by atoms with Crippen LogP contribution in [0.25, 0.3) is 6.08 Å². The van der Waals surface area contributed by atoms with Gasteiger partial charge in [-0.3, -0.25) is 4.79 Å². The second-order valence-electron chi connectivity index (χ2n) is 4.36. The Bertz CT molecular complexity index is 684. The number of methoxy groups -OCH3 is 1. The molecule has 2 rings (SSSR count). The molecule has 5 nitrogen and oxygen atoms in total. The number of allylic oxidation sites excluding steroid dienone is 1. The van der Waals surface area contributed by atoms with E-state index in [-0.39, 0.29) is 22.8 Å². The number of phenolic OH excluding ortho intramolecular Hbond substituents is 3. The quantitative estimate of drug-likeness (QED) is 0.594. The van der Waals surface area contributed by atoms with E-state index in [2.05, 4.69) is 0 Å². The van der Waals surface area contributed by atoms with Crippen LogP contribution < -0.4 is 4.74 Å². The fourth-order valence-corrected chi connectivity index (χ4v) is 1.82. The van der Waals surface area contributed by atoms with Crippen molar-refractivity contribution in [2.24, 2.45) is 0 Å². The molecule has 2 aromatic rings. The van der Waals surface area contributed by atoms with Gasteiger partial charge in [0.2, 0.25) is 0 Å². The number of ether oxygens (including phenoxy) is 1. The molecule has 0 spiro atoms. The largest absolute Gasteiger partial charge is 0.508 e. The van der Waals surface area contributed by atoms with Gasteiger partial charge in [0.25, 0.3) is 0 Å². The molecule has 0 aliphatic heterocycles. The third-order valence-corrected chi connectivity index (χ3v) is 2.82. The van der Waals surface area contributed by atoms with E-state index in [4.69, 9.17) is 4.74 Å². The third kappa shape index (κ3) is 3.54. The molecule has 0 aliphatic carbocycles. The Balaban J connectivity index is 2.23. The van der Waals surface area contributed by atoms with Gasteiger partial charge in [-0.2, -0.15) is 0 Å². The standard InChI is InChI=1S/C16H14O5/c1-21-13-3-4-14(16(20)9-13)15(19)5-2-10-6-11(17)8-12(18)7-10/h2-9,17-18,20H,1H3/b5-2+. The summed E-state index contributed by atoms with van der Waals surface area (Å²) in [5, 5.41) is 28.5. The molecular formula is C16H14O5. The van der Waals surface area contributed by atoms with Crippen LogP contribution in [0.15, 0.2) is 42.5 Å². The van der Waals surface area contributed by atoms with Crippen molar-refractivity contribution >= 4 is 11.9 Å². The number of hydrogen-bond acceptors (Lipinski definition) is 5. The summed E-state index contributed by atoms with van der Waals surface area (Å²) in [4.78, 5) is 12.0. The predicted molar refractivity (Wildman–Crippen MR) is 77.8 cm³/mol. The summed E-state index contributed by atoms with van der Waals surface area (Å²) >= 11 is 0. The normalized spacial score (nSPS) is 10.7. The Morgan fingerprint density at radius 2 is 1.71 bits per heavy atom. The molecule has 0 saturated carbocycles. The number of carbonyl (C=O) groups excluding carboxylic acids is 1. The molecule has 0 radical (unpaired) electrons. The summed E-state index contributed by atoms with van der Waals surface area (Å²) in [6.07, 6.45) is 2.68. The first-order valence-electron chi connectivity index (χ1n) is 6.12. The van der Waals surface area contributed by atoms with Crippen LogP contribution >= 0.6 is 0 Å². The summed E-state index contributed by atoms with van der Waals surface area (Å²) < 4.78 is 4.94. The minimum Gasteiger partial charge on any atom is -0.508 e. The van der Waals surface area contributed by atoms with Gasteiger partial charge in [-0.05, 0) is 35.9 Å². The zero-order valence-corrected chi connectivity index (χ0v) is 11.3. The van der Waals surface area contributed by atoms with Gasteiger partial charge >= 0.3 is 0 Å². The lowest BCUT2D eigenvalue weighted by Crippen LogP contribution is -1.95. The van der Waals surface area contributed by atoms with Gasteiger partial charge < -0.3 is 20.1 Å². The molecule has 0 aliphatic rings. The summed E-state index contributed by atoms with van der Waals surface area (Å²) in [6, 6.07) is 8.37. The molecule has 5 heteroatoms. The second-order valence-corrected chi connectivity index (χ2v) is 4.36. The highest BCUT2D eigenvalue weighted by molar-refractivity contribution is 6.08. The monoisotopic (exact) mass is 286 g/mol. The maximum atomic E-state index is 12.0. The maximum absolute atomic E-state index is 12.0. The fourth-order valence-electron chi connectivity index (χ4n) is 1.82. The Morgan fingerprint density at radius 1 is 1.05 bits per heavy atom. The molecule has 0 bridgehead atoms. The minimum atomic E-state index is -0.405. The molecule has 0 unspecified atom stereocenters. The van der Waals surface area contributed by atoms with Crippen LogP contribution in [0, 0.1) is 0 Å². The lowest BCUT2D eigenvalue weighted by atomic mass is 10.1. The van der Waals surface area contributed by atoms with E-state index in [1.54, 1.807) is 6.07 Å². The average molecular weight is 286 g/mol. The minimum absolute atomic E-state index is 0.102. The van der Waals surface area contributed by atoms with E-state index in [0.717, 1.165) is 0 Å². The lowest BCUT2D eigenvalue weighted by molar-refractivity contribution is 0.104. The number of benzene rings is 2. The Kier molecular flexibility index (Phi) is 4.13. The molecule has 0 amide bonds. The first kappa shape index (κ1) is 14.5. The van der Waals surface area contributed by atoms with Crippen molar-refractivity contribution in [1.82, 2.24) is 0 Å². The molecule has 0 saturated heterocycles. The molecule has 108 valence electrons. The van der Waals surface area contributed by atoms with Gasteiger partial charge in [0.15, 0.2) is 5.78 Å². The van der Waals surface area contributed by atoms with Gasteiger partial charge in [-0.1, -0.05) is 6.08 Å². The van der Waals surface area contributed by atoms with Gasteiger partial charge in [0, 0.05) is 12.1 Å². The zero-order chi connectivity index (χ0) is 15.4. The van der Waals surface area contributed by atoms with Crippen LogP contribution in [0.4, 0.5) is 0 Å². The summed E-state index contributed by atoms with van der Waals surface area (Å²) in [5.74, 6) is -0.338. The molecule has 3 N–H and O–H groups in total. The van der Waals surface area contributed by atoms with Gasteiger partial charge in [-0.15, -0.1) is 0 Å². The van der Waals surface area contributed by atoms with E-state index in [1.165, 1.54) is 49.6 Å². The van der Waals surface area contributed by atoms with E-state index < -0.39 is 5.78 Å². The second kappa shape index (κ2) is 6.00. The van der Waals surface area contributed by atoms with Gasteiger partial charge in [-0.25, -0.2) is 0 Å². The zero-order valence-electron chi connectivity index (χ0n) is 11.3. The summed E-state index contributed by atoms with van der Waals surface area (Å²) in [6.45, 7) is 0. The van der Waals surface area contributed by atoms with Crippen LogP contribution in [0.1, 0.15) is 15.9 Å². The van der Waals surface area contributed by atoms with Crippen LogP contribution in [-0.4, -0.2) is 28.2 Å². The van der Waals surface area contributed by atoms with Crippen LogP contribution in [-0.2, 0) is 0 Å². The van der Waals surface area contributed by atoms with Crippen molar-refractivity contribution in [3.8, 4) is 23.0 Å². The number of phenols is 3. The molecular weight excluding hydrogens is 272 g/mol. The maximum Gasteiger partial charge on any atom is 0.189 e. The number of ketones is 1. The highest BCUT2D eigenvalue weighted by Crippen LogP contribution is 2.25. The van der Waals surface area contributed by atoms with E-state index in [9.17, 15) is 20.1 Å². The Labute approximate surface area is 121 Å². The van der Waals surface area contributed by atoms with E-state index in [0.29, 0.717) is 11.3 Å². The fraction of sp³-hybridized carbons (Fsp3) is 0.0625. The molecule has 2 aromatic carbocycles. The number of aromatic hydroxyl groups is 3. The topological polar surface area (TPSA) is 87.0 Å². The van der Waals surface area contributed by atoms with Crippen LogP contribution in [0.2, 0.25) is 0 Å². The Morgan fingerprint density at radius 3 is 2.29 bits per heavy atom. The first-order chi connectivity index (χ1) is 9.99. The lowest BCUT2D eigenvalue weighted by Gasteiger charge is -2.04. The van der Waals surface area contributed by atoms with Crippen LogP contribution in [0.5, 0.6) is 23.0 Å². The SMILES string of the molecule is COc1ccc(C(=O)/C=C/c2cc(O)cc(O)c2)c(O)c1. The van der Waals surface area contributed by atoms with Crippen molar-refractivity contribution in [2.75, 3.05) is 7.11 Å². The molecule has 0 atom stereocenters. The van der Waals surface area contributed by atoms with Crippen molar-refractivity contribution in [3.05, 3.63) is 53.6 Å². The summed E-state index contributed by atoms with van der Waals surface area (Å²) in [5.41, 5.74) is 0.602. The van der Waals surface area contributed by atoms with E-state index >= 15 is 0 Å². The van der Waals surface area contributed by atoms with Crippen molar-refractivity contribution in [2.45, 2.75) is 0 Å². The number of hydrogen-bond donors (Lipinski definition) is 3.